The number of piperidine rings is 1. The summed E-state index contributed by atoms with van der Waals surface area (Å²) in [6.45, 7) is 4.48. The molecule has 146 valence electrons. The van der Waals surface area contributed by atoms with Crippen LogP contribution in [0.3, 0.4) is 0 Å². The summed E-state index contributed by atoms with van der Waals surface area (Å²) in [5.74, 6) is -0.369. The lowest BCUT2D eigenvalue weighted by Gasteiger charge is -2.32. The highest BCUT2D eigenvalue weighted by Gasteiger charge is 2.56. The van der Waals surface area contributed by atoms with E-state index in [2.05, 4.69) is 10.6 Å². The van der Waals surface area contributed by atoms with Gasteiger partial charge in [0, 0.05) is 32.3 Å². The van der Waals surface area contributed by atoms with Gasteiger partial charge in [0.1, 0.15) is 5.41 Å². The molecule has 1 atom stereocenters. The number of ether oxygens (including phenoxy) is 2. The first-order valence-electron chi connectivity index (χ1n) is 9.68. The fourth-order valence-corrected chi connectivity index (χ4v) is 3.61. The van der Waals surface area contributed by atoms with Gasteiger partial charge in [-0.15, -0.1) is 0 Å². The molecule has 0 spiro atoms. The number of carbonyl (C=O) groups excluding carboxylic acids is 3. The van der Waals surface area contributed by atoms with Crippen molar-refractivity contribution in [3.05, 3.63) is 0 Å². The molecule has 0 aromatic rings. The maximum absolute atomic E-state index is 12.6. The third-order valence-electron chi connectivity index (χ3n) is 5.49. The zero-order valence-electron chi connectivity index (χ0n) is 15.4. The Morgan fingerprint density at radius 1 is 1.15 bits per heavy atom. The minimum absolute atomic E-state index is 0.00313. The van der Waals surface area contributed by atoms with Crippen LogP contribution in [0.25, 0.3) is 0 Å². The summed E-state index contributed by atoms with van der Waals surface area (Å²) in [5.41, 5.74) is -0.906. The van der Waals surface area contributed by atoms with Gasteiger partial charge >= 0.3 is 6.09 Å². The molecular weight excluding hydrogens is 338 g/mol. The van der Waals surface area contributed by atoms with E-state index in [0.29, 0.717) is 51.9 Å². The van der Waals surface area contributed by atoms with Crippen molar-refractivity contribution in [3.63, 3.8) is 0 Å². The predicted molar refractivity (Wildman–Crippen MR) is 93.4 cm³/mol. The van der Waals surface area contributed by atoms with Gasteiger partial charge in [-0.25, -0.2) is 4.79 Å². The lowest BCUT2D eigenvalue weighted by atomic mass is 10.0. The Labute approximate surface area is 153 Å². The van der Waals surface area contributed by atoms with Gasteiger partial charge in [-0.1, -0.05) is 0 Å². The van der Waals surface area contributed by atoms with Crippen LogP contribution in [0.4, 0.5) is 4.79 Å². The third-order valence-corrected chi connectivity index (χ3v) is 5.49. The van der Waals surface area contributed by atoms with Crippen molar-refractivity contribution in [2.45, 2.75) is 57.6 Å². The molecule has 3 fully saturated rings. The summed E-state index contributed by atoms with van der Waals surface area (Å²) in [7, 11) is 0. The maximum atomic E-state index is 12.6. The monoisotopic (exact) mass is 367 g/mol. The number of amides is 3. The van der Waals surface area contributed by atoms with Crippen LogP contribution in [0.1, 0.15) is 45.4 Å². The minimum Gasteiger partial charge on any atom is -0.450 e. The first-order chi connectivity index (χ1) is 12.5. The topological polar surface area (TPSA) is 97.0 Å². The smallest absolute Gasteiger partial charge is 0.409 e. The molecule has 3 aliphatic rings. The first-order valence-corrected chi connectivity index (χ1v) is 9.68. The standard InChI is InChI=1S/C18H29N3O5/c1-2-25-17(24)21-9-5-13(6-10-21)20-16(23)18(7-8-18)15(22)19-12-14-4-3-11-26-14/h13-14H,2-12H2,1H3,(H,19,22)(H,20,23). The zero-order chi connectivity index (χ0) is 18.6. The Morgan fingerprint density at radius 2 is 1.88 bits per heavy atom. The molecule has 3 rings (SSSR count). The van der Waals surface area contributed by atoms with Crippen LogP contribution >= 0.6 is 0 Å². The van der Waals surface area contributed by atoms with Gasteiger partial charge in [0.05, 0.1) is 12.7 Å². The van der Waals surface area contributed by atoms with Gasteiger partial charge in [0.25, 0.3) is 0 Å². The summed E-state index contributed by atoms with van der Waals surface area (Å²) < 4.78 is 10.5. The van der Waals surface area contributed by atoms with Crippen molar-refractivity contribution in [1.29, 1.82) is 0 Å². The fourth-order valence-electron chi connectivity index (χ4n) is 3.61. The average molecular weight is 367 g/mol. The number of hydrogen-bond donors (Lipinski definition) is 2. The molecule has 8 heteroatoms. The molecule has 0 bridgehead atoms. The molecular formula is C18H29N3O5. The van der Waals surface area contributed by atoms with E-state index in [0.717, 1.165) is 19.4 Å². The molecule has 26 heavy (non-hydrogen) atoms. The third kappa shape index (κ3) is 4.28. The summed E-state index contributed by atoms with van der Waals surface area (Å²) in [5, 5.41) is 5.90. The highest BCUT2D eigenvalue weighted by Crippen LogP contribution is 2.46. The van der Waals surface area contributed by atoms with Crippen LogP contribution in [-0.2, 0) is 19.1 Å². The van der Waals surface area contributed by atoms with E-state index in [4.69, 9.17) is 9.47 Å². The van der Waals surface area contributed by atoms with E-state index in [9.17, 15) is 14.4 Å². The molecule has 1 saturated carbocycles. The number of rotatable bonds is 6. The molecule has 2 heterocycles. The van der Waals surface area contributed by atoms with Crippen LogP contribution in [0.5, 0.6) is 0 Å². The maximum Gasteiger partial charge on any atom is 0.409 e. The van der Waals surface area contributed by atoms with Crippen LogP contribution < -0.4 is 10.6 Å². The van der Waals surface area contributed by atoms with Crippen LogP contribution in [0.2, 0.25) is 0 Å². The molecule has 8 nitrogen and oxygen atoms in total. The van der Waals surface area contributed by atoms with E-state index in [-0.39, 0.29) is 30.1 Å². The summed E-state index contributed by atoms with van der Waals surface area (Å²) in [6, 6.07) is -0.00313. The largest absolute Gasteiger partial charge is 0.450 e. The predicted octanol–water partition coefficient (Wildman–Crippen LogP) is 0.799. The van der Waals surface area contributed by atoms with E-state index in [1.54, 1.807) is 11.8 Å². The summed E-state index contributed by atoms with van der Waals surface area (Å²) >= 11 is 0. The minimum atomic E-state index is -0.906. The molecule has 2 aliphatic heterocycles. The Morgan fingerprint density at radius 3 is 2.46 bits per heavy atom. The average Bonchev–Trinajstić information content (AvgIpc) is 3.30. The van der Waals surface area contributed by atoms with Gasteiger partial charge in [-0.3, -0.25) is 9.59 Å². The fraction of sp³-hybridized carbons (Fsp3) is 0.833. The quantitative estimate of drug-likeness (QED) is 0.677. The number of likely N-dealkylation sites (tertiary alicyclic amines) is 1. The molecule has 2 N–H and O–H groups in total. The molecule has 0 radical (unpaired) electrons. The number of nitrogens with zero attached hydrogens (tertiary/aromatic N) is 1. The second kappa shape index (κ2) is 8.24. The van der Waals surface area contributed by atoms with E-state index in [1.165, 1.54) is 0 Å². The van der Waals surface area contributed by atoms with Crippen LogP contribution in [0.15, 0.2) is 0 Å². The number of nitrogens with one attached hydrogen (secondary N) is 2. The van der Waals surface area contributed by atoms with Gasteiger partial charge in [0.2, 0.25) is 11.8 Å². The van der Waals surface area contributed by atoms with Gasteiger partial charge in [-0.2, -0.15) is 0 Å². The second-order valence-electron chi connectivity index (χ2n) is 7.36. The highest BCUT2D eigenvalue weighted by molar-refractivity contribution is 6.08. The molecule has 3 amide bonds. The molecule has 0 aromatic heterocycles. The Kier molecular flexibility index (Phi) is 6.01. The second-order valence-corrected chi connectivity index (χ2v) is 7.36. The van der Waals surface area contributed by atoms with Crippen LogP contribution in [-0.4, -0.2) is 67.8 Å². The summed E-state index contributed by atoms with van der Waals surface area (Å²) in [6.07, 6.45) is 4.30. The molecule has 1 unspecified atom stereocenters. The Hall–Kier alpha value is -1.83. The lowest BCUT2D eigenvalue weighted by molar-refractivity contribution is -0.138. The highest BCUT2D eigenvalue weighted by atomic mass is 16.6. The normalized spacial score (nSPS) is 24.8. The van der Waals surface area contributed by atoms with Crippen molar-refractivity contribution in [2.75, 3.05) is 32.8 Å². The Bertz CT molecular complexity index is 535. The van der Waals surface area contributed by atoms with Crippen molar-refractivity contribution in [2.24, 2.45) is 5.41 Å². The van der Waals surface area contributed by atoms with Crippen molar-refractivity contribution >= 4 is 17.9 Å². The van der Waals surface area contributed by atoms with Gasteiger partial charge in [0.15, 0.2) is 0 Å². The van der Waals surface area contributed by atoms with Crippen molar-refractivity contribution < 1.29 is 23.9 Å². The van der Waals surface area contributed by atoms with Crippen LogP contribution in [0, 0.1) is 5.41 Å². The number of carbonyl (C=O) groups is 3. The van der Waals surface area contributed by atoms with Gasteiger partial charge < -0.3 is 25.0 Å². The first kappa shape index (κ1) is 18.9. The Balaban J connectivity index is 1.42. The lowest BCUT2D eigenvalue weighted by Crippen LogP contribution is -2.51. The SMILES string of the molecule is CCOC(=O)N1CCC(NC(=O)C2(C(=O)NCC3CCCO3)CC2)CC1. The molecule has 0 aromatic carbocycles. The van der Waals surface area contributed by atoms with E-state index in [1.807, 2.05) is 0 Å². The van der Waals surface area contributed by atoms with E-state index < -0.39 is 5.41 Å². The number of hydrogen-bond acceptors (Lipinski definition) is 5. The molecule has 2 saturated heterocycles. The van der Waals surface area contributed by atoms with Crippen molar-refractivity contribution in [3.8, 4) is 0 Å². The zero-order valence-corrected chi connectivity index (χ0v) is 15.4. The van der Waals surface area contributed by atoms with E-state index >= 15 is 0 Å². The van der Waals surface area contributed by atoms with Crippen molar-refractivity contribution in [1.82, 2.24) is 15.5 Å². The molecule has 1 aliphatic carbocycles. The summed E-state index contributed by atoms with van der Waals surface area (Å²) in [4.78, 5) is 38.5. The van der Waals surface area contributed by atoms with Gasteiger partial charge in [-0.05, 0) is 45.4 Å².